The number of benzene rings is 2. The summed E-state index contributed by atoms with van der Waals surface area (Å²) >= 11 is 5.81. The van der Waals surface area contributed by atoms with Crippen LogP contribution in [0.15, 0.2) is 48.5 Å². The lowest BCUT2D eigenvalue weighted by atomic mass is 10.2. The van der Waals surface area contributed by atoms with Gasteiger partial charge in [-0.2, -0.15) is 0 Å². The van der Waals surface area contributed by atoms with Crippen LogP contribution in [0.2, 0.25) is 5.02 Å². The molecule has 88 valence electrons. The van der Waals surface area contributed by atoms with E-state index in [-0.39, 0.29) is 0 Å². The number of ether oxygens (including phenoxy) is 1. The van der Waals surface area contributed by atoms with Crippen molar-refractivity contribution in [2.75, 3.05) is 0 Å². The van der Waals surface area contributed by atoms with Crippen LogP contribution in [0, 0.1) is 0 Å². The number of halogens is 1. The van der Waals surface area contributed by atoms with Crippen molar-refractivity contribution in [1.29, 1.82) is 0 Å². The monoisotopic (exact) mass is 247 g/mol. The van der Waals surface area contributed by atoms with Crippen LogP contribution in [-0.4, -0.2) is 0 Å². The van der Waals surface area contributed by atoms with Gasteiger partial charge in [0.1, 0.15) is 12.4 Å². The SMILES string of the molecule is NCc1cccc(OCc2ccc(Cl)cc2)c1. The largest absolute Gasteiger partial charge is 0.489 e. The summed E-state index contributed by atoms with van der Waals surface area (Å²) in [7, 11) is 0. The average molecular weight is 248 g/mol. The highest BCUT2D eigenvalue weighted by molar-refractivity contribution is 6.30. The van der Waals surface area contributed by atoms with Gasteiger partial charge in [0.25, 0.3) is 0 Å². The molecule has 0 aliphatic rings. The molecule has 0 saturated carbocycles. The van der Waals surface area contributed by atoms with E-state index in [0.29, 0.717) is 13.2 Å². The van der Waals surface area contributed by atoms with E-state index in [4.69, 9.17) is 22.1 Å². The summed E-state index contributed by atoms with van der Waals surface area (Å²) in [5, 5.41) is 0.735. The highest BCUT2D eigenvalue weighted by atomic mass is 35.5. The molecule has 2 nitrogen and oxygen atoms in total. The Bertz CT molecular complexity index is 482. The van der Waals surface area contributed by atoms with Gasteiger partial charge in [-0.1, -0.05) is 35.9 Å². The predicted molar refractivity (Wildman–Crippen MR) is 70.1 cm³/mol. The highest BCUT2D eigenvalue weighted by Crippen LogP contribution is 2.16. The van der Waals surface area contributed by atoms with Crippen molar-refractivity contribution >= 4 is 11.6 Å². The maximum Gasteiger partial charge on any atom is 0.120 e. The zero-order valence-electron chi connectivity index (χ0n) is 9.40. The minimum absolute atomic E-state index is 0.526. The molecule has 0 heterocycles. The topological polar surface area (TPSA) is 35.2 Å². The lowest BCUT2D eigenvalue weighted by Gasteiger charge is -2.07. The summed E-state index contributed by atoms with van der Waals surface area (Å²) in [5.74, 6) is 0.836. The first-order chi connectivity index (χ1) is 8.28. The van der Waals surface area contributed by atoms with Crippen molar-refractivity contribution in [2.45, 2.75) is 13.2 Å². The summed E-state index contributed by atoms with van der Waals surface area (Å²) in [6.45, 7) is 1.06. The Balaban J connectivity index is 1.99. The average Bonchev–Trinajstić information content (AvgIpc) is 2.38. The van der Waals surface area contributed by atoms with Gasteiger partial charge in [-0.15, -0.1) is 0 Å². The van der Waals surface area contributed by atoms with Gasteiger partial charge in [0.15, 0.2) is 0 Å². The number of nitrogens with two attached hydrogens (primary N) is 1. The molecule has 2 aromatic carbocycles. The van der Waals surface area contributed by atoms with Crippen LogP contribution in [0.5, 0.6) is 5.75 Å². The van der Waals surface area contributed by atoms with Crippen LogP contribution < -0.4 is 10.5 Å². The van der Waals surface area contributed by atoms with Crippen LogP contribution in [0.1, 0.15) is 11.1 Å². The normalized spacial score (nSPS) is 10.2. The minimum Gasteiger partial charge on any atom is -0.489 e. The lowest BCUT2D eigenvalue weighted by molar-refractivity contribution is 0.306. The molecule has 0 saturated heterocycles. The number of rotatable bonds is 4. The molecular weight excluding hydrogens is 234 g/mol. The standard InChI is InChI=1S/C14H14ClNO/c15-13-6-4-11(5-7-13)10-17-14-3-1-2-12(8-14)9-16/h1-8H,9-10,16H2. The molecule has 0 aliphatic carbocycles. The van der Waals surface area contributed by atoms with E-state index >= 15 is 0 Å². The maximum atomic E-state index is 5.81. The molecule has 0 aromatic heterocycles. The van der Waals surface area contributed by atoms with Crippen LogP contribution in [0.3, 0.4) is 0 Å². The van der Waals surface area contributed by atoms with Crippen LogP contribution in [0.25, 0.3) is 0 Å². The third kappa shape index (κ3) is 3.48. The molecule has 0 aliphatic heterocycles. The minimum atomic E-state index is 0.526. The second-order valence-corrected chi connectivity index (χ2v) is 4.20. The molecule has 2 rings (SSSR count). The van der Waals surface area contributed by atoms with Gasteiger partial charge in [0.05, 0.1) is 0 Å². The third-order valence-electron chi connectivity index (χ3n) is 2.45. The Labute approximate surface area is 106 Å². The second-order valence-electron chi connectivity index (χ2n) is 3.77. The van der Waals surface area contributed by atoms with Crippen molar-refractivity contribution in [3.63, 3.8) is 0 Å². The van der Waals surface area contributed by atoms with Crippen molar-refractivity contribution < 1.29 is 4.74 Å². The van der Waals surface area contributed by atoms with E-state index in [1.54, 1.807) is 0 Å². The van der Waals surface area contributed by atoms with Crippen molar-refractivity contribution in [1.82, 2.24) is 0 Å². The van der Waals surface area contributed by atoms with E-state index in [9.17, 15) is 0 Å². The summed E-state index contributed by atoms with van der Waals surface area (Å²) in [4.78, 5) is 0. The Morgan fingerprint density at radius 3 is 2.47 bits per heavy atom. The van der Waals surface area contributed by atoms with Crippen molar-refractivity contribution in [3.05, 3.63) is 64.7 Å². The predicted octanol–water partition coefficient (Wildman–Crippen LogP) is 3.38. The molecule has 0 atom stereocenters. The highest BCUT2D eigenvalue weighted by Gasteiger charge is 1.97. The van der Waals surface area contributed by atoms with Gasteiger partial charge >= 0.3 is 0 Å². The third-order valence-corrected chi connectivity index (χ3v) is 2.70. The molecule has 2 aromatic rings. The van der Waals surface area contributed by atoms with Gasteiger partial charge in [0, 0.05) is 11.6 Å². The molecule has 0 bridgehead atoms. The molecule has 17 heavy (non-hydrogen) atoms. The summed E-state index contributed by atoms with van der Waals surface area (Å²) < 4.78 is 5.68. The van der Waals surface area contributed by atoms with Crippen LogP contribution in [0.4, 0.5) is 0 Å². The van der Waals surface area contributed by atoms with Crippen molar-refractivity contribution in [3.8, 4) is 5.75 Å². The maximum absolute atomic E-state index is 5.81. The van der Waals surface area contributed by atoms with Gasteiger partial charge in [-0.25, -0.2) is 0 Å². The Hall–Kier alpha value is -1.51. The Kier molecular flexibility index (Phi) is 4.02. The zero-order valence-corrected chi connectivity index (χ0v) is 10.2. The molecule has 0 fully saturated rings. The first kappa shape index (κ1) is 12.0. The van der Waals surface area contributed by atoms with E-state index in [2.05, 4.69) is 0 Å². The molecule has 0 unspecified atom stereocenters. The first-order valence-electron chi connectivity index (χ1n) is 5.44. The number of hydrogen-bond acceptors (Lipinski definition) is 2. The summed E-state index contributed by atoms with van der Waals surface area (Å²) in [6.07, 6.45) is 0. The fourth-order valence-corrected chi connectivity index (χ4v) is 1.64. The van der Waals surface area contributed by atoms with Gasteiger partial charge in [-0.05, 0) is 35.4 Å². The molecule has 0 spiro atoms. The lowest BCUT2D eigenvalue weighted by Crippen LogP contribution is -1.98. The summed E-state index contributed by atoms with van der Waals surface area (Å²) in [5.41, 5.74) is 7.73. The molecule has 0 radical (unpaired) electrons. The van der Waals surface area contributed by atoms with E-state index in [1.165, 1.54) is 0 Å². The fraction of sp³-hybridized carbons (Fsp3) is 0.143. The molecule has 2 N–H and O–H groups in total. The van der Waals surface area contributed by atoms with E-state index in [1.807, 2.05) is 48.5 Å². The molecule has 0 amide bonds. The number of hydrogen-bond donors (Lipinski definition) is 1. The smallest absolute Gasteiger partial charge is 0.120 e. The molecular formula is C14H14ClNO. The summed E-state index contributed by atoms with van der Waals surface area (Å²) in [6, 6.07) is 15.4. The van der Waals surface area contributed by atoms with Crippen LogP contribution in [-0.2, 0) is 13.2 Å². The fourth-order valence-electron chi connectivity index (χ4n) is 1.51. The van der Waals surface area contributed by atoms with E-state index in [0.717, 1.165) is 21.9 Å². The van der Waals surface area contributed by atoms with Gasteiger partial charge in [-0.3, -0.25) is 0 Å². The van der Waals surface area contributed by atoms with Crippen molar-refractivity contribution in [2.24, 2.45) is 5.73 Å². The quantitative estimate of drug-likeness (QED) is 0.899. The Morgan fingerprint density at radius 1 is 1.00 bits per heavy atom. The zero-order chi connectivity index (χ0) is 12.1. The Morgan fingerprint density at radius 2 is 1.76 bits per heavy atom. The van der Waals surface area contributed by atoms with E-state index < -0.39 is 0 Å². The second kappa shape index (κ2) is 5.71. The van der Waals surface area contributed by atoms with Crippen LogP contribution >= 0.6 is 11.6 Å². The molecule has 3 heteroatoms. The van der Waals surface area contributed by atoms with Gasteiger partial charge < -0.3 is 10.5 Å². The van der Waals surface area contributed by atoms with Gasteiger partial charge in [0.2, 0.25) is 0 Å². The first-order valence-corrected chi connectivity index (χ1v) is 5.82.